The Morgan fingerprint density at radius 2 is 0.400 bits per heavy atom. The Kier molecular flexibility index (Phi) is 133. The Morgan fingerprint density at radius 1 is 0.400 bits per heavy atom. The van der Waals surface area contributed by atoms with Gasteiger partial charge in [-0.3, -0.25) is 0 Å². The van der Waals surface area contributed by atoms with Gasteiger partial charge in [0.25, 0.3) is 0 Å². The van der Waals surface area contributed by atoms with Crippen molar-refractivity contribution in [1.29, 1.82) is 0 Å². The van der Waals surface area contributed by atoms with E-state index in [1.54, 1.807) is 0 Å². The molecule has 0 unspecified atom stereocenters. The van der Waals surface area contributed by atoms with Crippen molar-refractivity contribution in [2.45, 2.75) is 0 Å². The normalized spacial score (nSPS) is 0. The maximum Gasteiger partial charge on any atom is 2.00 e. The van der Waals surface area contributed by atoms with Gasteiger partial charge in [0.05, 0.1) is 0 Å². The zero-order chi connectivity index (χ0) is 0. The van der Waals surface area contributed by atoms with Crippen LogP contribution in [0, 0.1) is 0 Å². The molecular formula is H10Ba5. The van der Waals surface area contributed by atoms with Crippen LogP contribution in [0.1, 0.15) is 14.3 Å². The quantitative estimate of drug-likeness (QED) is 0.292. The minimum atomic E-state index is 0. The molecular weight excluding hydrogens is 687 g/mol. The minimum Gasteiger partial charge on any atom is -1.00 e. The standard InChI is InChI=1S/5Ba.10H/q5*+2;10*-1. The molecule has 5 heteroatoms. The van der Waals surface area contributed by atoms with E-state index in [0.717, 1.165) is 0 Å². The maximum absolute atomic E-state index is 0. The van der Waals surface area contributed by atoms with Gasteiger partial charge in [-0.15, -0.1) is 0 Å². The topological polar surface area (TPSA) is 0 Å². The van der Waals surface area contributed by atoms with Gasteiger partial charge in [0.1, 0.15) is 0 Å². The number of hydrogen-bond donors (Lipinski definition) is 0. The second-order valence-corrected chi connectivity index (χ2v) is 0. The summed E-state index contributed by atoms with van der Waals surface area (Å²) in [5.41, 5.74) is 0. The molecule has 0 aliphatic heterocycles. The molecule has 0 bridgehead atoms. The molecule has 5 heavy (non-hydrogen) atoms. The van der Waals surface area contributed by atoms with Crippen molar-refractivity contribution in [3.63, 3.8) is 0 Å². The fourth-order valence-electron chi connectivity index (χ4n) is 0. The summed E-state index contributed by atoms with van der Waals surface area (Å²) < 4.78 is 0. The first-order chi connectivity index (χ1) is 0. The molecule has 0 fully saturated rings. The molecule has 0 amide bonds. The Labute approximate surface area is 249 Å². The third kappa shape index (κ3) is 18.7. The van der Waals surface area contributed by atoms with Gasteiger partial charge in [0.15, 0.2) is 0 Å². The van der Waals surface area contributed by atoms with Crippen LogP contribution in [-0.2, 0) is 0 Å². The summed E-state index contributed by atoms with van der Waals surface area (Å²) in [6.45, 7) is 0. The average molecular weight is 697 g/mol. The van der Waals surface area contributed by atoms with E-state index in [0.29, 0.717) is 0 Å². The summed E-state index contributed by atoms with van der Waals surface area (Å²) >= 11 is 0. The van der Waals surface area contributed by atoms with Crippen molar-refractivity contribution in [2.24, 2.45) is 0 Å². The van der Waals surface area contributed by atoms with Gasteiger partial charge in [0.2, 0.25) is 0 Å². The molecule has 0 saturated carbocycles. The molecule has 0 aromatic carbocycles. The Balaban J connectivity index is 0. The molecule has 0 radical (unpaired) electrons. The van der Waals surface area contributed by atoms with E-state index in [9.17, 15) is 0 Å². The van der Waals surface area contributed by atoms with Crippen LogP contribution in [0.25, 0.3) is 0 Å². The van der Waals surface area contributed by atoms with E-state index in [4.69, 9.17) is 0 Å². The van der Waals surface area contributed by atoms with Crippen LogP contribution in [0.15, 0.2) is 0 Å². The van der Waals surface area contributed by atoms with E-state index in [1.165, 1.54) is 0 Å². The van der Waals surface area contributed by atoms with Gasteiger partial charge in [-0.05, 0) is 0 Å². The smallest absolute Gasteiger partial charge is 1.00 e. The van der Waals surface area contributed by atoms with E-state index in [2.05, 4.69) is 0 Å². The zero-order valence-electron chi connectivity index (χ0n) is 13.5. The van der Waals surface area contributed by atoms with Crippen molar-refractivity contribution in [3.8, 4) is 0 Å². The van der Waals surface area contributed by atoms with Crippen LogP contribution in [-0.4, -0.2) is 244 Å². The molecule has 0 aliphatic rings. The molecule has 0 nitrogen and oxygen atoms in total. The fraction of sp³-hybridized carbons (Fsp3) is 0. The molecule has 0 rings (SSSR count). The molecule has 0 spiro atoms. The van der Waals surface area contributed by atoms with E-state index in [1.807, 2.05) is 0 Å². The summed E-state index contributed by atoms with van der Waals surface area (Å²) in [5, 5.41) is 0. The largest absolute Gasteiger partial charge is 2.00 e. The molecule has 0 saturated heterocycles. The Hall–Kier alpha value is 7.86. The maximum atomic E-state index is 0. The SMILES string of the molecule is [Ba+2].[Ba+2].[Ba+2].[Ba+2].[Ba+2].[H-].[H-].[H-].[H-].[H-].[H-].[H-].[H-].[H-].[H-]. The van der Waals surface area contributed by atoms with Crippen LogP contribution in [0.5, 0.6) is 0 Å². The first-order valence-electron chi connectivity index (χ1n) is 0. The molecule has 0 aliphatic carbocycles. The van der Waals surface area contributed by atoms with E-state index in [-0.39, 0.29) is 259 Å². The second kappa shape index (κ2) is 22.6. The molecule has 0 aromatic heterocycles. The molecule has 0 aromatic rings. The van der Waals surface area contributed by atoms with Crippen LogP contribution < -0.4 is 0 Å². The summed E-state index contributed by atoms with van der Waals surface area (Å²) in [7, 11) is 0. The molecule has 20 valence electrons. The molecule has 0 atom stereocenters. The van der Waals surface area contributed by atoms with Gasteiger partial charge >= 0.3 is 244 Å². The minimum absolute atomic E-state index is 0. The monoisotopic (exact) mass is 700 g/mol. The predicted molar refractivity (Wildman–Crippen MR) is 39.9 cm³/mol. The summed E-state index contributed by atoms with van der Waals surface area (Å²) in [5.74, 6) is 0. The summed E-state index contributed by atoms with van der Waals surface area (Å²) in [6, 6.07) is 0. The van der Waals surface area contributed by atoms with Crippen LogP contribution in [0.4, 0.5) is 0 Å². The first-order valence-corrected chi connectivity index (χ1v) is 0. The van der Waals surface area contributed by atoms with Gasteiger partial charge in [0, 0.05) is 0 Å². The van der Waals surface area contributed by atoms with Crippen molar-refractivity contribution in [2.75, 3.05) is 0 Å². The number of rotatable bonds is 0. The summed E-state index contributed by atoms with van der Waals surface area (Å²) in [6.07, 6.45) is 0. The van der Waals surface area contributed by atoms with E-state index < -0.39 is 0 Å². The van der Waals surface area contributed by atoms with Gasteiger partial charge in [-0.2, -0.15) is 0 Å². The molecule has 0 N–H and O–H groups in total. The average Bonchev–Trinajstić information content (AvgIpc) is 0. The Bertz CT molecular complexity index is 13.8. The van der Waals surface area contributed by atoms with Crippen LogP contribution in [0.2, 0.25) is 0 Å². The third-order valence-corrected chi connectivity index (χ3v) is 0. The van der Waals surface area contributed by atoms with Crippen molar-refractivity contribution < 1.29 is 14.3 Å². The number of hydrogen-bond acceptors (Lipinski definition) is 0. The van der Waals surface area contributed by atoms with Crippen LogP contribution >= 0.6 is 0 Å². The van der Waals surface area contributed by atoms with E-state index >= 15 is 0 Å². The van der Waals surface area contributed by atoms with Crippen molar-refractivity contribution in [3.05, 3.63) is 0 Å². The second-order valence-electron chi connectivity index (χ2n) is 0. The zero-order valence-corrected chi connectivity index (χ0v) is 25.7. The van der Waals surface area contributed by atoms with Gasteiger partial charge in [-0.1, -0.05) is 0 Å². The summed E-state index contributed by atoms with van der Waals surface area (Å²) in [4.78, 5) is 0. The van der Waals surface area contributed by atoms with Crippen molar-refractivity contribution in [1.82, 2.24) is 0 Å². The first kappa shape index (κ1) is 29.3. The third-order valence-electron chi connectivity index (χ3n) is 0. The van der Waals surface area contributed by atoms with Crippen LogP contribution in [0.3, 0.4) is 0 Å². The Morgan fingerprint density at radius 3 is 0.400 bits per heavy atom. The van der Waals surface area contributed by atoms with Crippen molar-refractivity contribution >= 4 is 244 Å². The fourth-order valence-corrected chi connectivity index (χ4v) is 0. The predicted octanol–water partition coefficient (Wildman–Crippen LogP) is -0.779. The molecule has 0 heterocycles. The van der Waals surface area contributed by atoms with Gasteiger partial charge < -0.3 is 14.3 Å². The van der Waals surface area contributed by atoms with Gasteiger partial charge in [-0.25, -0.2) is 0 Å².